The van der Waals surface area contributed by atoms with Crippen molar-refractivity contribution in [1.82, 2.24) is 9.66 Å². The minimum atomic E-state index is -5.01. The number of nitro groups is 1. The second kappa shape index (κ2) is 6.02. The van der Waals surface area contributed by atoms with Crippen molar-refractivity contribution in [3.05, 3.63) is 78.8 Å². The quantitative estimate of drug-likeness (QED) is 0.420. The SMILES string of the molecule is O=c1[nH]c2cc(C(F)(F)F)c([N+](=O)[O-])cc2n(Nc2ccccc2)c1=O. The summed E-state index contributed by atoms with van der Waals surface area (Å²) in [4.78, 5) is 35.8. The lowest BCUT2D eigenvalue weighted by Crippen LogP contribution is -2.39. The van der Waals surface area contributed by atoms with E-state index in [0.29, 0.717) is 22.5 Å². The molecule has 0 spiro atoms. The molecule has 134 valence electrons. The zero-order chi connectivity index (χ0) is 19.1. The van der Waals surface area contributed by atoms with Gasteiger partial charge in [0.1, 0.15) is 5.56 Å². The van der Waals surface area contributed by atoms with Crippen LogP contribution < -0.4 is 16.5 Å². The van der Waals surface area contributed by atoms with E-state index in [0.717, 1.165) is 0 Å². The predicted molar refractivity (Wildman–Crippen MR) is 85.9 cm³/mol. The molecule has 3 aromatic rings. The number of anilines is 1. The third-order valence-electron chi connectivity index (χ3n) is 3.52. The molecule has 0 aliphatic rings. The molecule has 0 saturated carbocycles. The summed E-state index contributed by atoms with van der Waals surface area (Å²) >= 11 is 0. The van der Waals surface area contributed by atoms with Crippen molar-refractivity contribution in [1.29, 1.82) is 0 Å². The van der Waals surface area contributed by atoms with Crippen molar-refractivity contribution in [3.63, 3.8) is 0 Å². The van der Waals surface area contributed by atoms with Gasteiger partial charge < -0.3 is 4.98 Å². The molecule has 0 aliphatic carbocycles. The minimum absolute atomic E-state index is 0.279. The number of rotatable bonds is 3. The van der Waals surface area contributed by atoms with Crippen molar-refractivity contribution in [2.24, 2.45) is 0 Å². The van der Waals surface area contributed by atoms with Crippen molar-refractivity contribution < 1.29 is 18.1 Å². The maximum absolute atomic E-state index is 13.1. The van der Waals surface area contributed by atoms with Crippen LogP contribution in [0.1, 0.15) is 5.56 Å². The van der Waals surface area contributed by atoms with Crippen LogP contribution in [0.2, 0.25) is 0 Å². The standard InChI is InChI=1S/C15H9F3N4O4/c16-15(17,18)9-6-10-12(7-11(9)22(25)26)21(14(24)13(23)19-10)20-8-4-2-1-3-5-8/h1-7,20H,(H,19,23). The first kappa shape index (κ1) is 17.2. The van der Waals surface area contributed by atoms with Gasteiger partial charge in [-0.15, -0.1) is 0 Å². The Morgan fingerprint density at radius 3 is 2.35 bits per heavy atom. The fourth-order valence-electron chi connectivity index (χ4n) is 2.38. The number of aromatic nitrogens is 2. The molecule has 0 atom stereocenters. The van der Waals surface area contributed by atoms with Crippen LogP contribution in [0.5, 0.6) is 0 Å². The summed E-state index contributed by atoms with van der Waals surface area (Å²) in [5, 5.41) is 11.1. The lowest BCUT2D eigenvalue weighted by Gasteiger charge is -2.14. The minimum Gasteiger partial charge on any atom is -0.316 e. The first-order valence-electron chi connectivity index (χ1n) is 7.05. The normalized spacial score (nSPS) is 11.5. The van der Waals surface area contributed by atoms with Gasteiger partial charge in [-0.1, -0.05) is 18.2 Å². The van der Waals surface area contributed by atoms with Crippen molar-refractivity contribution in [3.8, 4) is 0 Å². The predicted octanol–water partition coefficient (Wildman–Crippen LogP) is 2.49. The highest BCUT2D eigenvalue weighted by molar-refractivity contribution is 5.80. The smallest absolute Gasteiger partial charge is 0.316 e. The van der Waals surface area contributed by atoms with E-state index < -0.39 is 33.5 Å². The zero-order valence-electron chi connectivity index (χ0n) is 12.7. The number of halogens is 3. The molecule has 0 aliphatic heterocycles. The maximum atomic E-state index is 13.1. The third-order valence-corrected chi connectivity index (χ3v) is 3.52. The third kappa shape index (κ3) is 3.01. The molecule has 0 unspecified atom stereocenters. The Morgan fingerprint density at radius 2 is 1.77 bits per heavy atom. The van der Waals surface area contributed by atoms with E-state index in [2.05, 4.69) is 5.43 Å². The van der Waals surface area contributed by atoms with Gasteiger partial charge in [0.25, 0.3) is 5.69 Å². The van der Waals surface area contributed by atoms with Gasteiger partial charge in [-0.3, -0.25) is 25.1 Å². The first-order chi connectivity index (χ1) is 12.2. The summed E-state index contributed by atoms with van der Waals surface area (Å²) in [5.41, 5.74) is -2.82. The number of benzene rings is 2. The molecule has 0 amide bonds. The Kier molecular flexibility index (Phi) is 3.98. The Hall–Kier alpha value is -3.63. The average molecular weight is 366 g/mol. The van der Waals surface area contributed by atoms with Crippen LogP contribution in [0.25, 0.3) is 11.0 Å². The van der Waals surface area contributed by atoms with Gasteiger partial charge in [-0.05, 0) is 18.2 Å². The lowest BCUT2D eigenvalue weighted by molar-refractivity contribution is -0.387. The highest BCUT2D eigenvalue weighted by Gasteiger charge is 2.39. The van der Waals surface area contributed by atoms with Gasteiger partial charge in [0.2, 0.25) is 0 Å². The van der Waals surface area contributed by atoms with E-state index >= 15 is 0 Å². The monoisotopic (exact) mass is 366 g/mol. The van der Waals surface area contributed by atoms with Gasteiger partial charge in [0.15, 0.2) is 0 Å². The fourth-order valence-corrected chi connectivity index (χ4v) is 2.38. The largest absolute Gasteiger partial charge is 0.423 e. The van der Waals surface area contributed by atoms with E-state index in [1.807, 2.05) is 4.98 Å². The molecule has 2 N–H and O–H groups in total. The molecule has 0 bridgehead atoms. The Labute approximate surface area is 141 Å². The molecule has 8 nitrogen and oxygen atoms in total. The highest BCUT2D eigenvalue weighted by Crippen LogP contribution is 2.37. The number of H-pyrrole nitrogens is 1. The van der Waals surface area contributed by atoms with E-state index in [1.54, 1.807) is 18.2 Å². The molecular formula is C15H9F3N4O4. The van der Waals surface area contributed by atoms with Crippen LogP contribution in [0.4, 0.5) is 24.5 Å². The number of aromatic amines is 1. The Bertz CT molecular complexity index is 1120. The van der Waals surface area contributed by atoms with Crippen LogP contribution in [-0.4, -0.2) is 14.6 Å². The maximum Gasteiger partial charge on any atom is 0.423 e. The summed E-state index contributed by atoms with van der Waals surface area (Å²) < 4.78 is 39.9. The van der Waals surface area contributed by atoms with Crippen LogP contribution in [0.3, 0.4) is 0 Å². The molecule has 26 heavy (non-hydrogen) atoms. The van der Waals surface area contributed by atoms with Gasteiger partial charge in [0, 0.05) is 6.07 Å². The lowest BCUT2D eigenvalue weighted by atomic mass is 10.1. The molecular weight excluding hydrogens is 357 g/mol. The van der Waals surface area contributed by atoms with E-state index in [-0.39, 0.29) is 11.0 Å². The van der Waals surface area contributed by atoms with Crippen LogP contribution in [0, 0.1) is 10.1 Å². The summed E-state index contributed by atoms with van der Waals surface area (Å²) in [6.45, 7) is 0. The average Bonchev–Trinajstić information content (AvgIpc) is 2.58. The molecule has 3 rings (SSSR count). The second-order valence-electron chi connectivity index (χ2n) is 5.21. The molecule has 0 saturated heterocycles. The number of fused-ring (bicyclic) bond motifs is 1. The number of nitrogens with one attached hydrogen (secondary N) is 2. The summed E-state index contributed by atoms with van der Waals surface area (Å²) in [7, 11) is 0. The number of nitrogens with zero attached hydrogens (tertiary/aromatic N) is 2. The Balaban J connectivity index is 2.35. The van der Waals surface area contributed by atoms with E-state index in [9.17, 15) is 32.9 Å². The number of alkyl halides is 3. The van der Waals surface area contributed by atoms with Crippen LogP contribution >= 0.6 is 0 Å². The van der Waals surface area contributed by atoms with Gasteiger partial charge in [-0.25, -0.2) is 4.68 Å². The Morgan fingerprint density at radius 1 is 1.12 bits per heavy atom. The molecule has 0 fully saturated rings. The zero-order valence-corrected chi connectivity index (χ0v) is 12.7. The topological polar surface area (TPSA) is 110 Å². The van der Waals surface area contributed by atoms with E-state index in [4.69, 9.17) is 0 Å². The van der Waals surface area contributed by atoms with Crippen LogP contribution in [0.15, 0.2) is 52.1 Å². The van der Waals surface area contributed by atoms with Gasteiger partial charge in [0.05, 0.1) is 21.6 Å². The van der Waals surface area contributed by atoms with Gasteiger partial charge >= 0.3 is 17.3 Å². The number of hydrogen-bond donors (Lipinski definition) is 2. The molecule has 11 heteroatoms. The summed E-state index contributed by atoms with van der Waals surface area (Å²) in [6.07, 6.45) is -5.01. The fraction of sp³-hybridized carbons (Fsp3) is 0.0667. The summed E-state index contributed by atoms with van der Waals surface area (Å²) in [5.74, 6) is 0. The van der Waals surface area contributed by atoms with Crippen molar-refractivity contribution >= 4 is 22.4 Å². The van der Waals surface area contributed by atoms with Gasteiger partial charge in [-0.2, -0.15) is 13.2 Å². The first-order valence-corrected chi connectivity index (χ1v) is 7.05. The summed E-state index contributed by atoms with van der Waals surface area (Å²) in [6, 6.07) is 9.02. The number of para-hydroxylation sites is 1. The molecule has 1 aromatic heterocycles. The van der Waals surface area contributed by atoms with Crippen molar-refractivity contribution in [2.75, 3.05) is 5.43 Å². The number of nitro benzene ring substituents is 1. The molecule has 0 radical (unpaired) electrons. The second-order valence-corrected chi connectivity index (χ2v) is 5.21. The highest BCUT2D eigenvalue weighted by atomic mass is 19.4. The van der Waals surface area contributed by atoms with E-state index in [1.165, 1.54) is 12.1 Å². The molecule has 1 heterocycles. The molecule has 2 aromatic carbocycles. The van der Waals surface area contributed by atoms with Crippen LogP contribution in [-0.2, 0) is 6.18 Å². The number of hydrogen-bond acceptors (Lipinski definition) is 5. The van der Waals surface area contributed by atoms with Crippen molar-refractivity contribution in [2.45, 2.75) is 6.18 Å².